The quantitative estimate of drug-likeness (QED) is 0.148. The van der Waals surface area contributed by atoms with Gasteiger partial charge >= 0.3 is 0 Å². The molecule has 10 heteroatoms. The number of carbonyl (C=O) groups is 2. The molecule has 8 nitrogen and oxygen atoms in total. The van der Waals surface area contributed by atoms with Crippen molar-refractivity contribution in [3.05, 3.63) is 190 Å². The lowest BCUT2D eigenvalue weighted by Crippen LogP contribution is -2.28. The Balaban J connectivity index is 1.03. The Morgan fingerprint density at radius 3 is 1.96 bits per heavy atom. The molecule has 0 aliphatic carbocycles. The van der Waals surface area contributed by atoms with Gasteiger partial charge in [-0.15, -0.1) is 0 Å². The number of aromatic amines is 1. The Kier molecular flexibility index (Phi) is 9.79. The van der Waals surface area contributed by atoms with Crippen molar-refractivity contribution in [2.45, 2.75) is 13.1 Å². The fourth-order valence-corrected chi connectivity index (χ4v) is 8.57. The van der Waals surface area contributed by atoms with Crippen LogP contribution >= 0.6 is 23.5 Å². The van der Waals surface area contributed by atoms with Gasteiger partial charge in [0.1, 0.15) is 5.76 Å². The van der Waals surface area contributed by atoms with Crippen LogP contribution in [0, 0.1) is 0 Å². The van der Waals surface area contributed by atoms with E-state index in [0.29, 0.717) is 32.5 Å². The Labute approximate surface area is 332 Å². The maximum atomic E-state index is 13.8. The van der Waals surface area contributed by atoms with Gasteiger partial charge in [0.2, 0.25) is 0 Å². The summed E-state index contributed by atoms with van der Waals surface area (Å²) in [5.74, 6) is 0.476. The third-order valence-electron chi connectivity index (χ3n) is 9.32. The zero-order chi connectivity index (χ0) is 37.8. The molecule has 2 fully saturated rings. The summed E-state index contributed by atoms with van der Waals surface area (Å²) in [6.07, 6.45) is 7.45. The summed E-state index contributed by atoms with van der Waals surface area (Å²) >= 11 is 2.74. The Hall–Kier alpha value is -6.62. The molecule has 9 rings (SSSR count). The number of thioether (sulfide) groups is 2. The fourth-order valence-electron chi connectivity index (χ4n) is 6.57. The normalized spacial score (nSPS) is 17.4. The molecule has 56 heavy (non-hydrogen) atoms. The summed E-state index contributed by atoms with van der Waals surface area (Å²) in [5.41, 5.74) is 7.32. The first kappa shape index (κ1) is 35.1. The molecular formula is C46H33N5O3S2. The Morgan fingerprint density at radius 1 is 0.607 bits per heavy atom. The number of furan rings is 1. The summed E-state index contributed by atoms with van der Waals surface area (Å²) in [6.45, 7) is 0.698. The highest BCUT2D eigenvalue weighted by molar-refractivity contribution is 8.19. The van der Waals surface area contributed by atoms with Gasteiger partial charge in [0.05, 0.1) is 40.5 Å². The molecule has 0 spiro atoms. The smallest absolute Gasteiger partial charge is 0.267 e. The Bertz CT molecular complexity index is 2690. The van der Waals surface area contributed by atoms with Gasteiger partial charge in [0, 0.05) is 22.7 Å². The number of hydrogen-bond acceptors (Lipinski definition) is 7. The van der Waals surface area contributed by atoms with Crippen LogP contribution in [0.15, 0.2) is 182 Å². The van der Waals surface area contributed by atoms with E-state index in [1.54, 1.807) is 16.1 Å². The van der Waals surface area contributed by atoms with Crippen molar-refractivity contribution in [3.8, 4) is 11.1 Å². The van der Waals surface area contributed by atoms with Crippen molar-refractivity contribution >= 4 is 80.1 Å². The maximum absolute atomic E-state index is 13.8. The van der Waals surface area contributed by atoms with Gasteiger partial charge in [-0.2, -0.15) is 0 Å². The minimum absolute atomic E-state index is 0.0719. The lowest BCUT2D eigenvalue weighted by Gasteiger charge is -2.15. The van der Waals surface area contributed by atoms with Crippen LogP contribution in [0.3, 0.4) is 0 Å². The number of benzene rings is 5. The minimum Gasteiger partial charge on any atom is -0.467 e. The molecule has 0 saturated carbocycles. The molecule has 4 heterocycles. The van der Waals surface area contributed by atoms with Crippen LogP contribution in [0.2, 0.25) is 0 Å². The average Bonchev–Trinajstić information content (AvgIpc) is 4.02. The number of amides is 2. The zero-order valence-electron chi connectivity index (χ0n) is 29.9. The number of nitrogens with one attached hydrogen (secondary N) is 1. The van der Waals surface area contributed by atoms with Crippen molar-refractivity contribution in [1.82, 2.24) is 14.8 Å². The van der Waals surface area contributed by atoms with E-state index in [2.05, 4.69) is 17.1 Å². The van der Waals surface area contributed by atoms with Crippen LogP contribution < -0.4 is 0 Å². The summed E-state index contributed by atoms with van der Waals surface area (Å²) < 4.78 is 5.59. The number of para-hydroxylation sites is 1. The van der Waals surface area contributed by atoms with Crippen LogP contribution in [-0.2, 0) is 22.7 Å². The number of rotatable bonds is 9. The second-order valence-corrected chi connectivity index (χ2v) is 15.2. The van der Waals surface area contributed by atoms with Gasteiger partial charge < -0.3 is 9.40 Å². The van der Waals surface area contributed by atoms with Crippen LogP contribution in [-0.4, -0.2) is 36.9 Å². The van der Waals surface area contributed by atoms with E-state index < -0.39 is 0 Å². The molecule has 2 aromatic heterocycles. The van der Waals surface area contributed by atoms with Gasteiger partial charge in [-0.1, -0.05) is 97.1 Å². The SMILES string of the molecule is O=C1/C(=C/c2ccccc2)S/C(=N\c2cccc(-c3c[nH]c4ccc(/C=C5\S/C(=N\c6ccccc6)N(Cc6ccco6)C5=O)cc34)c2)N1Cc1ccccc1. The highest BCUT2D eigenvalue weighted by atomic mass is 32.2. The van der Waals surface area contributed by atoms with Crippen molar-refractivity contribution in [2.24, 2.45) is 9.98 Å². The summed E-state index contributed by atoms with van der Waals surface area (Å²) in [6, 6.07) is 47.3. The van der Waals surface area contributed by atoms with Crippen molar-refractivity contribution in [3.63, 3.8) is 0 Å². The van der Waals surface area contributed by atoms with E-state index in [1.807, 2.05) is 152 Å². The van der Waals surface area contributed by atoms with E-state index in [-0.39, 0.29) is 18.4 Å². The number of H-pyrrole nitrogens is 1. The van der Waals surface area contributed by atoms with Gasteiger partial charge in [0.25, 0.3) is 11.8 Å². The molecule has 0 atom stereocenters. The van der Waals surface area contributed by atoms with Crippen LogP contribution in [0.5, 0.6) is 0 Å². The number of aliphatic imine (C=N–C) groups is 2. The first-order valence-electron chi connectivity index (χ1n) is 18.0. The molecule has 2 aliphatic heterocycles. The number of aromatic nitrogens is 1. The lowest BCUT2D eigenvalue weighted by atomic mass is 10.0. The number of nitrogens with zero attached hydrogens (tertiary/aromatic N) is 4. The van der Waals surface area contributed by atoms with E-state index in [4.69, 9.17) is 14.4 Å². The lowest BCUT2D eigenvalue weighted by molar-refractivity contribution is -0.123. The van der Waals surface area contributed by atoms with E-state index in [9.17, 15) is 9.59 Å². The molecule has 0 radical (unpaired) electrons. The minimum atomic E-state index is -0.131. The predicted octanol–water partition coefficient (Wildman–Crippen LogP) is 11.0. The third kappa shape index (κ3) is 7.52. The van der Waals surface area contributed by atoms with Crippen LogP contribution in [0.25, 0.3) is 34.2 Å². The van der Waals surface area contributed by atoms with Crippen molar-refractivity contribution < 1.29 is 14.0 Å². The van der Waals surface area contributed by atoms with E-state index in [0.717, 1.165) is 50.1 Å². The number of fused-ring (bicyclic) bond motifs is 1. The molecule has 5 aromatic carbocycles. The molecule has 7 aromatic rings. The molecule has 1 N–H and O–H groups in total. The summed E-state index contributed by atoms with van der Waals surface area (Å²) in [5, 5.41) is 2.23. The van der Waals surface area contributed by atoms with Crippen LogP contribution in [0.1, 0.15) is 22.5 Å². The van der Waals surface area contributed by atoms with Gasteiger partial charge in [-0.25, -0.2) is 9.98 Å². The van der Waals surface area contributed by atoms with Gasteiger partial charge in [0.15, 0.2) is 10.3 Å². The number of hydrogen-bond donors (Lipinski definition) is 1. The molecule has 2 saturated heterocycles. The van der Waals surface area contributed by atoms with Gasteiger partial charge in [-0.3, -0.25) is 19.4 Å². The highest BCUT2D eigenvalue weighted by Gasteiger charge is 2.35. The third-order valence-corrected chi connectivity index (χ3v) is 11.3. The summed E-state index contributed by atoms with van der Waals surface area (Å²) in [4.78, 5) is 45.5. The second kappa shape index (κ2) is 15.6. The zero-order valence-corrected chi connectivity index (χ0v) is 31.5. The van der Waals surface area contributed by atoms with Crippen molar-refractivity contribution in [1.29, 1.82) is 0 Å². The first-order chi connectivity index (χ1) is 27.5. The number of carbonyl (C=O) groups excluding carboxylic acids is 2. The molecular weight excluding hydrogens is 735 g/mol. The van der Waals surface area contributed by atoms with Crippen molar-refractivity contribution in [2.75, 3.05) is 0 Å². The molecule has 2 aliphatic rings. The largest absolute Gasteiger partial charge is 0.467 e. The average molecular weight is 768 g/mol. The Morgan fingerprint density at radius 2 is 1.25 bits per heavy atom. The molecule has 2 amide bonds. The topological polar surface area (TPSA) is 94.3 Å². The fraction of sp³-hybridized carbons (Fsp3) is 0.0435. The van der Waals surface area contributed by atoms with E-state index in [1.165, 1.54) is 23.5 Å². The second-order valence-electron chi connectivity index (χ2n) is 13.2. The predicted molar refractivity (Wildman–Crippen MR) is 228 cm³/mol. The standard InChI is InChI=1S/C46H33N5O3S2/c52-43-41(25-31-12-4-1-5-13-31)55-46(50(43)29-32-14-6-2-7-15-32)49-36-19-10-16-34(27-36)39-28-47-40-22-21-33(24-38(39)40)26-42-44(53)51(30-37-20-11-23-54-37)45(56-42)48-35-17-8-3-9-18-35/h1-28,47H,29-30H2/b41-25-,42-26-,48-45-,49-46-. The molecule has 0 unspecified atom stereocenters. The summed E-state index contributed by atoms with van der Waals surface area (Å²) in [7, 11) is 0. The van der Waals surface area contributed by atoms with Gasteiger partial charge in [-0.05, 0) is 106 Å². The first-order valence-corrected chi connectivity index (χ1v) is 19.7. The van der Waals surface area contributed by atoms with E-state index >= 15 is 0 Å². The maximum Gasteiger partial charge on any atom is 0.267 e. The highest BCUT2D eigenvalue weighted by Crippen LogP contribution is 2.39. The molecule has 272 valence electrons. The van der Waals surface area contributed by atoms with Crippen LogP contribution in [0.4, 0.5) is 11.4 Å². The number of amidine groups is 2. The molecule has 0 bridgehead atoms. The monoisotopic (exact) mass is 767 g/mol.